The van der Waals surface area contributed by atoms with Gasteiger partial charge in [0.05, 0.1) is 49.7 Å². The van der Waals surface area contributed by atoms with Gasteiger partial charge in [-0.3, -0.25) is 13.7 Å². The molecule has 1 fully saturated rings. The fourth-order valence-electron chi connectivity index (χ4n) is 12.1. The number of ether oxygens (including phenoxy) is 1. The third-order valence-corrected chi connectivity index (χ3v) is 21.3. The molecule has 5 heterocycles. The van der Waals surface area contributed by atoms with E-state index in [0.29, 0.717) is 11.6 Å². The summed E-state index contributed by atoms with van der Waals surface area (Å²) in [7, 11) is -1.69. The van der Waals surface area contributed by atoms with E-state index in [9.17, 15) is 19.2 Å². The molecule has 14 rings (SSSR count). The van der Waals surface area contributed by atoms with Gasteiger partial charge in [0, 0.05) is 66.9 Å². The molecule has 0 radical (unpaired) electrons. The van der Waals surface area contributed by atoms with Crippen molar-refractivity contribution in [3.63, 3.8) is 0 Å². The predicted molar refractivity (Wildman–Crippen MR) is 321 cm³/mol. The van der Waals surface area contributed by atoms with Crippen LogP contribution in [0.1, 0.15) is 179 Å². The van der Waals surface area contributed by atoms with Gasteiger partial charge in [-0.1, -0.05) is 195 Å². The fourth-order valence-corrected chi connectivity index (χ4v) is 17.6. The largest absolute Gasteiger partial charge is 0.458 e. The second kappa shape index (κ2) is 17.5. The van der Waals surface area contributed by atoms with Gasteiger partial charge in [-0.15, -0.1) is 0 Å². The van der Waals surface area contributed by atoms with Gasteiger partial charge < -0.3 is 4.74 Å². The van der Waals surface area contributed by atoms with Gasteiger partial charge in [0.1, 0.15) is 17.3 Å². The minimum absolute atomic E-state index is 0.0665. The van der Waals surface area contributed by atoms with Gasteiger partial charge >= 0.3 is 0 Å². The number of fused-ring (bicyclic) bond motifs is 8. The second-order valence-corrected chi connectivity index (χ2v) is 25.2. The molecule has 2 aliphatic heterocycles. The Morgan fingerprint density at radius 2 is 1.19 bits per heavy atom. The predicted octanol–water partition coefficient (Wildman–Crippen LogP) is 17.4. The third-order valence-electron chi connectivity index (χ3n) is 15.8. The van der Waals surface area contributed by atoms with Gasteiger partial charge in [0.15, 0.2) is 0 Å². The van der Waals surface area contributed by atoms with Crippen LogP contribution in [0.4, 0.5) is 0 Å². The fraction of sp³-hybridized carbons (Fsp3) is 0.324. The Hall–Kier alpha value is -7.02. The Morgan fingerprint density at radius 3 is 1.88 bits per heavy atom. The molecule has 6 heteroatoms. The lowest BCUT2D eigenvalue weighted by molar-refractivity contribution is -0.571. The molecule has 1 saturated heterocycles. The van der Waals surface area contributed by atoms with E-state index in [0.717, 1.165) is 57.4 Å². The first-order valence-corrected chi connectivity index (χ1v) is 28.0. The molecule has 0 atom stereocenters. The molecule has 7 aromatic carbocycles. The van der Waals surface area contributed by atoms with Gasteiger partial charge in [-0.2, -0.15) is 0 Å². The maximum Gasteiger partial charge on any atom is 0.269 e. The first-order chi connectivity index (χ1) is 52.7. The van der Waals surface area contributed by atoms with Gasteiger partial charge in [-0.25, -0.2) is 4.98 Å². The molecule has 2 aliphatic carbocycles. The number of benzene rings is 7. The van der Waals surface area contributed by atoms with E-state index >= 15 is 0 Å². The van der Waals surface area contributed by atoms with Crippen molar-refractivity contribution in [1.29, 1.82) is 0 Å². The summed E-state index contributed by atoms with van der Waals surface area (Å²) in [5.41, 5.74) is -28.5. The van der Waals surface area contributed by atoms with E-state index in [-0.39, 0.29) is 22.5 Å². The van der Waals surface area contributed by atoms with Crippen LogP contribution in [-0.4, -0.2) is 22.2 Å². The average Bonchev–Trinajstić information content (AvgIpc) is 1.62. The highest BCUT2D eigenvalue weighted by Gasteiger charge is 2.42. The molecule has 386 valence electrons. The van der Waals surface area contributed by atoms with Crippen LogP contribution in [0.3, 0.4) is 0 Å². The van der Waals surface area contributed by atoms with Crippen LogP contribution in [0.2, 0.25) is 18.1 Å². The van der Waals surface area contributed by atoms with Crippen LogP contribution in [0.5, 0.6) is 11.5 Å². The summed E-state index contributed by atoms with van der Waals surface area (Å²) in [6.07, 6.45) is -9.63. The van der Waals surface area contributed by atoms with Crippen molar-refractivity contribution in [2.75, 3.05) is 0 Å². The summed E-state index contributed by atoms with van der Waals surface area (Å²) >= 11 is 0. The molecular formula is C71H72N4OSi. The molecule has 1 spiro atoms. The first kappa shape index (κ1) is 22.7. The molecule has 0 saturated carbocycles. The molecule has 0 unspecified atom stereocenters. The number of pyridine rings is 1. The van der Waals surface area contributed by atoms with Crippen molar-refractivity contribution in [1.82, 2.24) is 14.1 Å². The van der Waals surface area contributed by atoms with E-state index in [4.69, 9.17) is 42.6 Å². The average molecular weight is 1060 g/mol. The number of imidazole rings is 1. The van der Waals surface area contributed by atoms with Crippen molar-refractivity contribution < 1.29 is 61.4 Å². The zero-order chi connectivity index (χ0) is 85.0. The Labute approximate surface area is 510 Å². The zero-order valence-electron chi connectivity index (χ0n) is 79.2. The van der Waals surface area contributed by atoms with Gasteiger partial charge in [-0.05, 0) is 151 Å². The number of nitrogens with zero attached hydrogens (tertiary/aromatic N) is 4. The Kier molecular flexibility index (Phi) is 5.17. The van der Waals surface area contributed by atoms with Crippen molar-refractivity contribution in [2.24, 2.45) is 0 Å². The molecule has 10 aromatic rings. The minimum atomic E-state index is -4.84. The van der Waals surface area contributed by atoms with Crippen LogP contribution >= 0.6 is 0 Å². The first-order valence-electron chi connectivity index (χ1n) is 44.4. The summed E-state index contributed by atoms with van der Waals surface area (Å²) in [5.74, 6) is 1.19. The number of aryl methyl sites for hydroxylation is 1. The molecule has 77 heavy (non-hydrogen) atoms. The van der Waals surface area contributed by atoms with Crippen LogP contribution in [0, 0.1) is 6.33 Å². The maximum atomic E-state index is 10.4. The molecule has 5 nitrogen and oxygen atoms in total. The number of para-hydroxylation sites is 4. The van der Waals surface area contributed by atoms with Crippen LogP contribution in [-0.2, 0) is 28.1 Å². The Morgan fingerprint density at radius 1 is 0.597 bits per heavy atom. The van der Waals surface area contributed by atoms with Crippen LogP contribution < -0.4 is 14.5 Å². The highest BCUT2D eigenvalue weighted by molar-refractivity contribution is 6.92. The number of hydrogen-bond donors (Lipinski definition) is 0. The summed E-state index contributed by atoms with van der Waals surface area (Å²) in [6, 6.07) is 23.7. The summed E-state index contributed by atoms with van der Waals surface area (Å²) < 4.78 is 364. The normalized spacial score (nSPS) is 29.8. The Bertz CT molecular complexity index is 5460. The lowest BCUT2D eigenvalue weighted by Gasteiger charge is -2.42. The zero-order valence-corrected chi connectivity index (χ0v) is 42.2. The lowest BCUT2D eigenvalue weighted by Crippen LogP contribution is -2.49. The Balaban J connectivity index is 1.09. The number of aromatic nitrogens is 4. The number of rotatable bonds is 7. The molecule has 0 amide bonds. The maximum absolute atomic E-state index is 10.4. The van der Waals surface area contributed by atoms with Crippen molar-refractivity contribution in [3.8, 4) is 50.9 Å². The van der Waals surface area contributed by atoms with Crippen LogP contribution in [0.15, 0.2) is 158 Å². The molecule has 4 aliphatic rings. The summed E-state index contributed by atoms with van der Waals surface area (Å²) in [5, 5.41) is 3.22. The standard InChI is InChI=1S/C71H72N4OSi/c1-68(2)33-35-70(5,6)59-40-47(27-31-57(59)68)53-22-16-23-54(48-28-32-58-60(41-48)71(7,8)36-34-69(58,3)4)67(53)74-46-73(62-25-11-12-26-63(62)74)50-19-15-20-51(43-50)76-52-29-30-56-55-21-9-10-24-61(55)75(64(56)44-52)66-42-49-18-17-39-77(37-13-14-38-77)65(49)45-72-66/h9-12,15-16,19-32,40-45H,13-14,17-18,33-39H2,1-8H3/i1D3,2D3,3D3,4D3,5D3,6D3,7D3,8D3,27D,28D,31D,32D,33D2,34D2,35D2,36D2,40D,41D. The highest BCUT2D eigenvalue weighted by atomic mass is 28.3. The monoisotopic (exact) mass is 1060 g/mol. The van der Waals surface area contributed by atoms with Crippen molar-refractivity contribution in [2.45, 2.75) is 146 Å². The topological polar surface area (TPSA) is 35.9 Å². The molecule has 0 N–H and O–H groups in total. The molecular weight excluding hydrogens is 953 g/mol. The quantitative estimate of drug-likeness (QED) is 0.0906. The highest BCUT2D eigenvalue weighted by Crippen LogP contribution is 2.50. The number of hydrogen-bond acceptors (Lipinski definition) is 2. The smallest absolute Gasteiger partial charge is 0.269 e. The van der Waals surface area contributed by atoms with Gasteiger partial charge in [0.2, 0.25) is 0 Å². The van der Waals surface area contributed by atoms with E-state index in [1.54, 1.807) is 24.3 Å². The van der Waals surface area contributed by atoms with E-state index in [2.05, 4.69) is 23.2 Å². The second-order valence-electron chi connectivity index (χ2n) is 20.6. The molecule has 3 aromatic heterocycles. The SMILES string of the molecule is [2H]c1c([2H])c2c(c([2H])c1-c1cccc(-c3c([2H])c([2H])c4c(c3[2H])C(C([2H])([2H])[2H])(C([2H])([2H])[2H])C([2H])([2H])C([2H])([2H])C4(C([2H])([2H])[2H])C([2H])([2H])[2H])c1-[n+]1[c-]n(-c3cccc(Oc4ccc5c6ccccc6n(-c6cc7c(cn6)[Si]6(CCCC6)CCC7)c5c4)c3)c3ccccc31)C(C([2H])([2H])[2H])(C([2H])([2H])[2H])C([2H])([2H])C([2H])([2H])C2(C([2H])([2H])[2H])C([2H])([2H])[2H]. The summed E-state index contributed by atoms with van der Waals surface area (Å²) in [6.45, 7) is -36.3. The molecule has 0 bridgehead atoms. The van der Waals surface area contributed by atoms with Crippen LogP contribution in [0.25, 0.3) is 72.3 Å². The van der Waals surface area contributed by atoms with Crippen molar-refractivity contribution >= 4 is 46.1 Å². The van der Waals surface area contributed by atoms with E-state index < -0.39 is 196 Å². The lowest BCUT2D eigenvalue weighted by atomic mass is 9.62. The van der Waals surface area contributed by atoms with Gasteiger partial charge in [0.25, 0.3) is 6.33 Å². The van der Waals surface area contributed by atoms with Crippen molar-refractivity contribution in [3.05, 3.63) is 192 Å². The van der Waals surface area contributed by atoms with E-state index in [1.807, 2.05) is 36.4 Å². The third kappa shape index (κ3) is 7.82. The van der Waals surface area contributed by atoms with E-state index in [1.165, 1.54) is 76.6 Å². The minimum Gasteiger partial charge on any atom is -0.458 e. The summed E-state index contributed by atoms with van der Waals surface area (Å²) in [4.78, 5) is 5.16.